The maximum atomic E-state index is 13.3. The highest BCUT2D eigenvalue weighted by molar-refractivity contribution is 6.47. The van der Waals surface area contributed by atoms with Gasteiger partial charge >= 0.3 is 0 Å². The van der Waals surface area contributed by atoms with Gasteiger partial charge in [0.1, 0.15) is 5.82 Å². The molecule has 0 amide bonds. The number of carbonyl (C=O) groups is 2. The van der Waals surface area contributed by atoms with Crippen LogP contribution >= 0.6 is 0 Å². The van der Waals surface area contributed by atoms with Crippen LogP contribution in [-0.4, -0.2) is 16.7 Å². The van der Waals surface area contributed by atoms with Gasteiger partial charge in [0.05, 0.1) is 11.3 Å². The number of rotatable bonds is 1. The lowest BCUT2D eigenvalue weighted by Gasteiger charge is -2.25. The normalized spacial score (nSPS) is 17.1. The van der Waals surface area contributed by atoms with Gasteiger partial charge in [-0.15, -0.1) is 0 Å². The van der Waals surface area contributed by atoms with E-state index >= 15 is 0 Å². The van der Waals surface area contributed by atoms with Crippen LogP contribution < -0.4 is 0 Å². The Labute approximate surface area is 114 Å². The Morgan fingerprint density at radius 3 is 2.75 bits per heavy atom. The van der Waals surface area contributed by atoms with Crippen LogP contribution in [0.2, 0.25) is 0 Å². The van der Waals surface area contributed by atoms with Crippen molar-refractivity contribution in [3.63, 3.8) is 0 Å². The van der Waals surface area contributed by atoms with Gasteiger partial charge in [0, 0.05) is 17.4 Å². The number of hydrogen-bond donors (Lipinski definition) is 0. The Balaban J connectivity index is 2.18. The molecule has 1 aromatic heterocycles. The zero-order valence-electron chi connectivity index (χ0n) is 11.1. The second-order valence-electron chi connectivity index (χ2n) is 5.56. The quantitative estimate of drug-likeness (QED) is 0.749. The molecule has 1 aromatic carbocycles. The Bertz CT molecular complexity index is 730. The second-order valence-corrected chi connectivity index (χ2v) is 5.56. The van der Waals surface area contributed by atoms with E-state index in [0.29, 0.717) is 17.7 Å². The molecule has 20 heavy (non-hydrogen) atoms. The molecule has 3 rings (SSSR count). The van der Waals surface area contributed by atoms with Crippen LogP contribution in [0.5, 0.6) is 0 Å². The molecule has 0 spiro atoms. The smallest absolute Gasteiger partial charge is 0.235 e. The van der Waals surface area contributed by atoms with Crippen molar-refractivity contribution < 1.29 is 18.5 Å². The van der Waals surface area contributed by atoms with E-state index in [4.69, 9.17) is 4.52 Å². The third-order valence-electron chi connectivity index (χ3n) is 3.51. The van der Waals surface area contributed by atoms with Crippen LogP contribution in [-0.2, 0) is 11.2 Å². The molecule has 4 nitrogen and oxygen atoms in total. The van der Waals surface area contributed by atoms with Crippen molar-refractivity contribution in [1.29, 1.82) is 0 Å². The predicted molar refractivity (Wildman–Crippen MR) is 68.7 cm³/mol. The van der Waals surface area contributed by atoms with E-state index < -0.39 is 22.8 Å². The molecule has 0 N–H and O–H groups in total. The maximum Gasteiger partial charge on any atom is 0.235 e. The fourth-order valence-corrected chi connectivity index (χ4v) is 2.42. The topological polar surface area (TPSA) is 60.2 Å². The van der Waals surface area contributed by atoms with Gasteiger partial charge in [-0.25, -0.2) is 4.39 Å². The monoisotopic (exact) mass is 273 g/mol. The van der Waals surface area contributed by atoms with Crippen LogP contribution in [0.3, 0.4) is 0 Å². The summed E-state index contributed by atoms with van der Waals surface area (Å²) in [4.78, 5) is 24.3. The first-order valence-corrected chi connectivity index (χ1v) is 6.24. The highest BCUT2D eigenvalue weighted by Gasteiger charge is 2.43. The molecule has 2 aromatic rings. The molecule has 0 radical (unpaired) electrons. The molecular formula is C15H12FNO3. The summed E-state index contributed by atoms with van der Waals surface area (Å²) in [6.45, 7) is 3.40. The molecule has 0 unspecified atom stereocenters. The Kier molecular flexibility index (Phi) is 2.61. The van der Waals surface area contributed by atoms with E-state index in [-0.39, 0.29) is 11.3 Å². The molecule has 0 fully saturated rings. The molecule has 0 saturated heterocycles. The molecule has 0 saturated carbocycles. The summed E-state index contributed by atoms with van der Waals surface area (Å²) in [6.07, 6.45) is 0.339. The van der Waals surface area contributed by atoms with E-state index in [9.17, 15) is 14.0 Å². The molecule has 1 heterocycles. The predicted octanol–water partition coefficient (Wildman–Crippen LogP) is 2.81. The lowest BCUT2D eigenvalue weighted by Crippen LogP contribution is -2.38. The SMILES string of the molecule is CC1(C)Cc2noc(-c3cccc(F)c3)c2C(=O)C1=O. The van der Waals surface area contributed by atoms with Crippen LogP contribution in [0, 0.1) is 11.2 Å². The minimum absolute atomic E-state index is 0.161. The van der Waals surface area contributed by atoms with Gasteiger partial charge in [0.15, 0.2) is 5.76 Å². The third kappa shape index (κ3) is 1.78. The van der Waals surface area contributed by atoms with Crippen LogP contribution in [0.25, 0.3) is 11.3 Å². The molecule has 0 atom stereocenters. The van der Waals surface area contributed by atoms with E-state index in [0.717, 1.165) is 0 Å². The lowest BCUT2D eigenvalue weighted by molar-refractivity contribution is -0.123. The van der Waals surface area contributed by atoms with Crippen molar-refractivity contribution in [1.82, 2.24) is 5.16 Å². The standard InChI is InChI=1S/C15H12FNO3/c1-15(2)7-10-11(12(18)14(15)19)13(20-17-10)8-4-3-5-9(16)6-8/h3-6H,7H2,1-2H3. The van der Waals surface area contributed by atoms with Crippen molar-refractivity contribution in [2.75, 3.05) is 0 Å². The first kappa shape index (κ1) is 12.7. The summed E-state index contributed by atoms with van der Waals surface area (Å²) in [5.74, 6) is -1.36. The summed E-state index contributed by atoms with van der Waals surface area (Å²) in [7, 11) is 0. The average Bonchev–Trinajstić information content (AvgIpc) is 2.79. The minimum atomic E-state index is -0.778. The Hall–Kier alpha value is -2.30. The van der Waals surface area contributed by atoms with Crippen molar-refractivity contribution in [2.24, 2.45) is 5.41 Å². The highest BCUT2D eigenvalue weighted by atomic mass is 19.1. The van der Waals surface area contributed by atoms with Gasteiger partial charge in [-0.2, -0.15) is 0 Å². The molecule has 102 valence electrons. The zero-order chi connectivity index (χ0) is 14.5. The summed E-state index contributed by atoms with van der Waals surface area (Å²) in [5.41, 5.74) is 0.249. The Morgan fingerprint density at radius 1 is 1.30 bits per heavy atom. The number of carbonyl (C=O) groups excluding carboxylic acids is 2. The summed E-state index contributed by atoms with van der Waals surface area (Å²) >= 11 is 0. The minimum Gasteiger partial charge on any atom is -0.355 e. The number of fused-ring (bicyclic) bond motifs is 1. The van der Waals surface area contributed by atoms with Crippen molar-refractivity contribution in [3.05, 3.63) is 41.3 Å². The number of Topliss-reactive ketones (excluding diaryl/α,β-unsaturated/α-hetero) is 2. The van der Waals surface area contributed by atoms with E-state index in [1.54, 1.807) is 19.9 Å². The number of aromatic nitrogens is 1. The van der Waals surface area contributed by atoms with Crippen molar-refractivity contribution in [3.8, 4) is 11.3 Å². The van der Waals surface area contributed by atoms with Crippen molar-refractivity contribution >= 4 is 11.6 Å². The average molecular weight is 273 g/mol. The fraction of sp³-hybridized carbons (Fsp3) is 0.267. The number of hydrogen-bond acceptors (Lipinski definition) is 4. The number of nitrogens with zero attached hydrogens (tertiary/aromatic N) is 1. The molecule has 5 heteroatoms. The van der Waals surface area contributed by atoms with Crippen LogP contribution in [0.4, 0.5) is 4.39 Å². The molecule has 1 aliphatic carbocycles. The van der Waals surface area contributed by atoms with Gasteiger partial charge in [0.2, 0.25) is 11.6 Å². The lowest BCUT2D eigenvalue weighted by atomic mass is 9.74. The summed E-state index contributed by atoms with van der Waals surface area (Å²) in [5, 5.41) is 3.87. The largest absolute Gasteiger partial charge is 0.355 e. The van der Waals surface area contributed by atoms with Gasteiger partial charge in [0.25, 0.3) is 0 Å². The Morgan fingerprint density at radius 2 is 2.05 bits per heavy atom. The number of ketones is 2. The summed E-state index contributed by atoms with van der Waals surface area (Å²) in [6, 6.07) is 5.67. The molecular weight excluding hydrogens is 261 g/mol. The third-order valence-corrected chi connectivity index (χ3v) is 3.51. The van der Waals surface area contributed by atoms with Gasteiger partial charge in [-0.1, -0.05) is 31.1 Å². The number of halogens is 1. The molecule has 0 bridgehead atoms. The molecule has 1 aliphatic rings. The van der Waals surface area contributed by atoms with E-state index in [2.05, 4.69) is 5.16 Å². The van der Waals surface area contributed by atoms with Crippen molar-refractivity contribution in [2.45, 2.75) is 20.3 Å². The first-order chi connectivity index (χ1) is 9.40. The zero-order valence-corrected chi connectivity index (χ0v) is 11.1. The van der Waals surface area contributed by atoms with Gasteiger partial charge in [-0.05, 0) is 12.1 Å². The highest BCUT2D eigenvalue weighted by Crippen LogP contribution is 2.36. The summed E-state index contributed by atoms with van der Waals surface area (Å²) < 4.78 is 18.5. The first-order valence-electron chi connectivity index (χ1n) is 6.24. The van der Waals surface area contributed by atoms with Gasteiger partial charge < -0.3 is 4.52 Å². The second kappa shape index (κ2) is 4.10. The van der Waals surface area contributed by atoms with Crippen LogP contribution in [0.15, 0.2) is 28.8 Å². The van der Waals surface area contributed by atoms with E-state index in [1.807, 2.05) is 0 Å². The number of benzene rings is 1. The van der Waals surface area contributed by atoms with Crippen LogP contribution in [0.1, 0.15) is 29.9 Å². The fourth-order valence-electron chi connectivity index (χ4n) is 2.42. The molecule has 0 aliphatic heterocycles. The van der Waals surface area contributed by atoms with E-state index in [1.165, 1.54) is 18.2 Å². The van der Waals surface area contributed by atoms with Gasteiger partial charge in [-0.3, -0.25) is 9.59 Å². The maximum absolute atomic E-state index is 13.3.